The molecule has 2 aliphatic rings. The number of carboxylic acids is 1. The number of carbonyl (C=O) groups is 3. The Morgan fingerprint density at radius 3 is 2.48 bits per heavy atom. The maximum absolute atomic E-state index is 13.2. The number of ether oxygens (including phenoxy) is 2. The zero-order valence-electron chi connectivity index (χ0n) is 19.0. The summed E-state index contributed by atoms with van der Waals surface area (Å²) in [7, 11) is 0. The van der Waals surface area contributed by atoms with Crippen molar-refractivity contribution in [2.45, 2.75) is 64.1 Å². The van der Waals surface area contributed by atoms with Gasteiger partial charge in [0.1, 0.15) is 23.4 Å². The monoisotopic (exact) mass is 452 g/mol. The summed E-state index contributed by atoms with van der Waals surface area (Å²) in [5.41, 5.74) is 2.48. The van der Waals surface area contributed by atoms with Crippen molar-refractivity contribution >= 4 is 29.4 Å². The number of aryl methyl sites for hydroxylation is 2. The van der Waals surface area contributed by atoms with Gasteiger partial charge in [0.15, 0.2) is 0 Å². The van der Waals surface area contributed by atoms with Crippen LogP contribution in [0.3, 0.4) is 0 Å². The van der Waals surface area contributed by atoms with Gasteiger partial charge in [0.2, 0.25) is 0 Å². The van der Waals surface area contributed by atoms with Crippen molar-refractivity contribution in [3.8, 4) is 5.75 Å². The summed E-state index contributed by atoms with van der Waals surface area (Å²) in [6.45, 7) is 5.33. The molecule has 0 saturated heterocycles. The van der Waals surface area contributed by atoms with E-state index in [2.05, 4.69) is 5.32 Å². The third-order valence-electron chi connectivity index (χ3n) is 5.74. The number of esters is 1. The molecule has 4 rings (SSSR count). The lowest BCUT2D eigenvalue weighted by Gasteiger charge is -2.36. The normalized spacial score (nSPS) is 19.5. The maximum Gasteiger partial charge on any atom is 0.415 e. The number of hydrogen-bond acceptors (Lipinski definition) is 6. The average Bonchev–Trinajstić information content (AvgIpc) is 2.76. The molecule has 2 aromatic carbocycles. The summed E-state index contributed by atoms with van der Waals surface area (Å²) in [6.07, 6.45) is 1.54. The number of nitrogens with one attached hydrogen (secondary N) is 1. The van der Waals surface area contributed by atoms with Crippen LogP contribution in [-0.4, -0.2) is 40.8 Å². The van der Waals surface area contributed by atoms with Crippen molar-refractivity contribution in [3.05, 3.63) is 53.6 Å². The minimum absolute atomic E-state index is 0.292. The Bertz CT molecular complexity index is 1090. The largest absolute Gasteiger partial charge is 0.480 e. The fraction of sp³-hybridized carbons (Fsp3) is 0.400. The van der Waals surface area contributed by atoms with Gasteiger partial charge >= 0.3 is 18.0 Å². The van der Waals surface area contributed by atoms with Crippen LogP contribution in [0.4, 0.5) is 16.2 Å². The van der Waals surface area contributed by atoms with Crippen LogP contribution in [0, 0.1) is 0 Å². The molecule has 2 atom stereocenters. The van der Waals surface area contributed by atoms with Gasteiger partial charge in [-0.15, -0.1) is 0 Å². The molecule has 33 heavy (non-hydrogen) atoms. The molecule has 0 spiro atoms. The number of rotatable bonds is 3. The lowest BCUT2D eigenvalue weighted by Crippen LogP contribution is -2.51. The topological polar surface area (TPSA) is 105 Å². The van der Waals surface area contributed by atoms with Gasteiger partial charge in [0, 0.05) is 11.8 Å². The highest BCUT2D eigenvalue weighted by atomic mass is 16.6. The number of anilines is 2. The molecule has 2 unspecified atom stereocenters. The van der Waals surface area contributed by atoms with Crippen LogP contribution in [0.25, 0.3) is 0 Å². The van der Waals surface area contributed by atoms with Gasteiger partial charge in [-0.25, -0.2) is 14.4 Å². The summed E-state index contributed by atoms with van der Waals surface area (Å²) in [4.78, 5) is 39.0. The standard InChI is InChI=1S/C25H28N2O6/c1-25(2,3)33-24(31)27-20-7-5-4-6-16(20)10-13-21(27)23(30)32-17-11-8-15-9-12-18(22(28)29)26-19(15)14-17/h4-8,11,14,18,21,26H,9-10,12-13H2,1-3H3,(H,28,29). The van der Waals surface area contributed by atoms with E-state index in [9.17, 15) is 19.5 Å². The Kier molecular flexibility index (Phi) is 6.01. The Labute approximate surface area is 192 Å². The maximum atomic E-state index is 13.2. The second kappa shape index (κ2) is 8.77. The molecule has 2 aromatic rings. The summed E-state index contributed by atoms with van der Waals surface area (Å²) in [5, 5.41) is 12.3. The second-order valence-corrected chi connectivity index (χ2v) is 9.35. The van der Waals surface area contributed by atoms with Gasteiger partial charge < -0.3 is 19.9 Å². The molecule has 0 bridgehead atoms. The lowest BCUT2D eigenvalue weighted by atomic mass is 9.96. The third kappa shape index (κ3) is 4.94. The highest BCUT2D eigenvalue weighted by Gasteiger charge is 2.39. The van der Waals surface area contributed by atoms with E-state index in [0.29, 0.717) is 42.8 Å². The molecule has 8 heteroatoms. The Morgan fingerprint density at radius 1 is 1.03 bits per heavy atom. The highest BCUT2D eigenvalue weighted by Crippen LogP contribution is 2.34. The minimum atomic E-state index is -0.920. The van der Waals surface area contributed by atoms with Crippen LogP contribution in [-0.2, 0) is 27.2 Å². The molecule has 0 aromatic heterocycles. The number of aliphatic carboxylic acids is 1. The van der Waals surface area contributed by atoms with Crippen LogP contribution in [0.2, 0.25) is 0 Å². The van der Waals surface area contributed by atoms with Crippen LogP contribution >= 0.6 is 0 Å². The van der Waals surface area contributed by atoms with Gasteiger partial charge in [-0.2, -0.15) is 0 Å². The van der Waals surface area contributed by atoms with Gasteiger partial charge in [-0.05, 0) is 69.7 Å². The SMILES string of the molecule is CC(C)(C)OC(=O)N1c2ccccc2CCC1C(=O)Oc1ccc2c(c1)NC(C(=O)O)CC2. The molecule has 0 fully saturated rings. The van der Waals surface area contributed by atoms with Crippen LogP contribution in [0.5, 0.6) is 5.75 Å². The molecule has 8 nitrogen and oxygen atoms in total. The molecule has 2 aliphatic heterocycles. The number of carbonyl (C=O) groups excluding carboxylic acids is 2. The Morgan fingerprint density at radius 2 is 1.76 bits per heavy atom. The van der Waals surface area contributed by atoms with Gasteiger partial charge in [0.05, 0.1) is 5.69 Å². The molecule has 0 aliphatic carbocycles. The summed E-state index contributed by atoms with van der Waals surface area (Å²) >= 11 is 0. The zero-order valence-corrected chi connectivity index (χ0v) is 19.0. The van der Waals surface area contributed by atoms with E-state index in [0.717, 1.165) is 11.1 Å². The van der Waals surface area contributed by atoms with Crippen LogP contribution in [0.1, 0.15) is 44.7 Å². The predicted octanol–water partition coefficient (Wildman–Crippen LogP) is 4.16. The van der Waals surface area contributed by atoms with Gasteiger partial charge in [0.25, 0.3) is 0 Å². The van der Waals surface area contributed by atoms with Crippen molar-refractivity contribution in [2.24, 2.45) is 0 Å². The molecule has 174 valence electrons. The van der Waals surface area contributed by atoms with E-state index < -0.39 is 35.7 Å². The average molecular weight is 453 g/mol. The van der Waals surface area contributed by atoms with E-state index >= 15 is 0 Å². The number of carboxylic acid groups (broad SMARTS) is 1. The Balaban J connectivity index is 1.57. The first-order valence-corrected chi connectivity index (χ1v) is 11.1. The van der Waals surface area contributed by atoms with E-state index in [1.54, 1.807) is 39.0 Å². The van der Waals surface area contributed by atoms with E-state index in [-0.39, 0.29) is 0 Å². The van der Waals surface area contributed by atoms with Crippen LogP contribution < -0.4 is 15.0 Å². The minimum Gasteiger partial charge on any atom is -0.480 e. The van der Waals surface area contributed by atoms with Crippen molar-refractivity contribution in [1.82, 2.24) is 0 Å². The molecule has 0 saturated carbocycles. The van der Waals surface area contributed by atoms with E-state index in [1.807, 2.05) is 24.3 Å². The van der Waals surface area contributed by atoms with Crippen molar-refractivity contribution in [3.63, 3.8) is 0 Å². The number of nitrogens with zero attached hydrogens (tertiary/aromatic N) is 1. The quantitative estimate of drug-likeness (QED) is 0.532. The first-order chi connectivity index (χ1) is 15.6. The fourth-order valence-electron chi connectivity index (χ4n) is 4.21. The van der Waals surface area contributed by atoms with Crippen LogP contribution in [0.15, 0.2) is 42.5 Å². The molecular weight excluding hydrogens is 424 g/mol. The number of amides is 1. The van der Waals surface area contributed by atoms with Crippen molar-refractivity contribution in [1.29, 1.82) is 0 Å². The van der Waals surface area contributed by atoms with Gasteiger partial charge in [-0.3, -0.25) is 4.90 Å². The Hall–Kier alpha value is -3.55. The first-order valence-electron chi connectivity index (χ1n) is 11.1. The van der Waals surface area contributed by atoms with Crippen molar-refractivity contribution < 1.29 is 29.0 Å². The van der Waals surface area contributed by atoms with E-state index in [4.69, 9.17) is 9.47 Å². The number of para-hydroxylation sites is 1. The van der Waals surface area contributed by atoms with Crippen molar-refractivity contribution in [2.75, 3.05) is 10.2 Å². The predicted molar refractivity (Wildman–Crippen MR) is 123 cm³/mol. The molecule has 2 heterocycles. The summed E-state index contributed by atoms with van der Waals surface area (Å²) in [5.74, 6) is -1.20. The molecule has 0 radical (unpaired) electrons. The second-order valence-electron chi connectivity index (χ2n) is 9.35. The molecular formula is C25H28N2O6. The molecule has 2 N–H and O–H groups in total. The fourth-order valence-corrected chi connectivity index (χ4v) is 4.21. The molecule has 1 amide bonds. The third-order valence-corrected chi connectivity index (χ3v) is 5.74. The number of hydrogen-bond donors (Lipinski definition) is 2. The summed E-state index contributed by atoms with van der Waals surface area (Å²) in [6, 6.07) is 11.1. The number of fused-ring (bicyclic) bond motifs is 2. The highest BCUT2D eigenvalue weighted by molar-refractivity contribution is 5.98. The smallest absolute Gasteiger partial charge is 0.415 e. The van der Waals surface area contributed by atoms with E-state index in [1.165, 1.54) is 4.90 Å². The number of benzene rings is 2. The van der Waals surface area contributed by atoms with Gasteiger partial charge in [-0.1, -0.05) is 24.3 Å². The zero-order chi connectivity index (χ0) is 23.8. The summed E-state index contributed by atoms with van der Waals surface area (Å²) < 4.78 is 11.3. The lowest BCUT2D eigenvalue weighted by molar-refractivity contribution is -0.138. The first kappa shape index (κ1) is 22.6.